The van der Waals surface area contributed by atoms with Gasteiger partial charge in [-0.3, -0.25) is 9.36 Å². The van der Waals surface area contributed by atoms with Crippen LogP contribution in [0.25, 0.3) is 22.2 Å². The van der Waals surface area contributed by atoms with Crippen LogP contribution >= 0.6 is 11.6 Å². The molecule has 0 amide bonds. The summed E-state index contributed by atoms with van der Waals surface area (Å²) in [7, 11) is 0. The van der Waals surface area contributed by atoms with E-state index in [1.807, 2.05) is 6.07 Å². The summed E-state index contributed by atoms with van der Waals surface area (Å²) in [4.78, 5) is 13.2. The molecule has 0 saturated carbocycles. The van der Waals surface area contributed by atoms with E-state index in [-0.39, 0.29) is 6.04 Å². The Kier molecular flexibility index (Phi) is 2.91. The predicted molar refractivity (Wildman–Crippen MR) is 90.7 cm³/mol. The fourth-order valence-corrected chi connectivity index (χ4v) is 3.57. The SMILES string of the molecule is [2H]c1ccc2c(c1)C(C)(C=C(F)F)C(=O)n1c-2cc2cc(Cl)ccc21. The van der Waals surface area contributed by atoms with Crippen molar-refractivity contribution >= 4 is 28.4 Å². The third-order valence-corrected chi connectivity index (χ3v) is 4.74. The Morgan fingerprint density at radius 2 is 2.08 bits per heavy atom. The molecule has 0 N–H and O–H groups in total. The van der Waals surface area contributed by atoms with Crippen LogP contribution in [0.5, 0.6) is 0 Å². The van der Waals surface area contributed by atoms with Gasteiger partial charge >= 0.3 is 0 Å². The maximum atomic E-state index is 13.2. The van der Waals surface area contributed by atoms with Crippen LogP contribution in [0.1, 0.15) is 18.7 Å². The van der Waals surface area contributed by atoms with E-state index in [0.29, 0.717) is 33.4 Å². The fraction of sp³-hybridized carbons (Fsp3) is 0.105. The van der Waals surface area contributed by atoms with Gasteiger partial charge in [-0.1, -0.05) is 35.8 Å². The second-order valence-electron chi connectivity index (χ2n) is 5.98. The Morgan fingerprint density at radius 3 is 2.83 bits per heavy atom. The lowest BCUT2D eigenvalue weighted by molar-refractivity contribution is 0.0841. The molecule has 1 aliphatic rings. The van der Waals surface area contributed by atoms with Crippen molar-refractivity contribution in [2.75, 3.05) is 0 Å². The van der Waals surface area contributed by atoms with E-state index in [0.717, 1.165) is 5.39 Å². The maximum absolute atomic E-state index is 13.2. The van der Waals surface area contributed by atoms with Gasteiger partial charge in [-0.25, -0.2) is 0 Å². The lowest BCUT2D eigenvalue weighted by Gasteiger charge is -2.33. The van der Waals surface area contributed by atoms with Crippen LogP contribution in [0.2, 0.25) is 5.02 Å². The molecule has 2 heterocycles. The molecule has 5 heteroatoms. The van der Waals surface area contributed by atoms with Gasteiger partial charge in [0.05, 0.1) is 18.0 Å². The van der Waals surface area contributed by atoms with Crippen LogP contribution in [0.15, 0.2) is 60.7 Å². The van der Waals surface area contributed by atoms with Crippen molar-refractivity contribution in [1.29, 1.82) is 0 Å². The fourth-order valence-electron chi connectivity index (χ4n) is 3.39. The van der Waals surface area contributed by atoms with Crippen molar-refractivity contribution in [3.63, 3.8) is 0 Å². The normalized spacial score (nSPS) is 19.7. The average molecular weight is 345 g/mol. The second-order valence-corrected chi connectivity index (χ2v) is 6.42. The highest BCUT2D eigenvalue weighted by Gasteiger charge is 2.42. The Bertz CT molecular complexity index is 1080. The first-order valence-corrected chi connectivity index (χ1v) is 7.70. The smallest absolute Gasteiger partial charge is 0.267 e. The van der Waals surface area contributed by atoms with E-state index < -0.39 is 17.4 Å². The van der Waals surface area contributed by atoms with E-state index >= 15 is 0 Å². The van der Waals surface area contributed by atoms with Crippen molar-refractivity contribution in [3.8, 4) is 11.3 Å². The summed E-state index contributed by atoms with van der Waals surface area (Å²) in [6.07, 6.45) is -1.27. The quantitative estimate of drug-likeness (QED) is 0.558. The number of aromatic nitrogens is 1. The number of hydrogen-bond donors (Lipinski definition) is 0. The third kappa shape index (κ3) is 1.96. The van der Waals surface area contributed by atoms with Crippen LogP contribution in [0, 0.1) is 0 Å². The second kappa shape index (κ2) is 5.02. The minimum absolute atomic E-state index is 0.165. The van der Waals surface area contributed by atoms with Gasteiger partial charge in [0.25, 0.3) is 6.08 Å². The summed E-state index contributed by atoms with van der Waals surface area (Å²) < 4.78 is 35.6. The highest BCUT2D eigenvalue weighted by molar-refractivity contribution is 6.31. The topological polar surface area (TPSA) is 22.0 Å². The molecule has 2 nitrogen and oxygen atoms in total. The molecule has 3 aromatic rings. The predicted octanol–water partition coefficient (Wildman–Crippen LogP) is 5.65. The summed E-state index contributed by atoms with van der Waals surface area (Å²) in [5.74, 6) is -0.481. The van der Waals surface area contributed by atoms with Crippen molar-refractivity contribution in [2.45, 2.75) is 12.3 Å². The number of rotatable bonds is 1. The van der Waals surface area contributed by atoms with Gasteiger partial charge in [0.1, 0.15) is 0 Å². The summed E-state index contributed by atoms with van der Waals surface area (Å²) >= 11 is 6.04. The first-order valence-electron chi connectivity index (χ1n) is 7.82. The molecule has 0 radical (unpaired) electrons. The van der Waals surface area contributed by atoms with Gasteiger partial charge in [-0.05, 0) is 36.8 Å². The number of carbonyl (C=O) groups is 1. The Morgan fingerprint density at radius 1 is 1.29 bits per heavy atom. The monoisotopic (exact) mass is 344 g/mol. The largest absolute Gasteiger partial charge is 0.279 e. The summed E-state index contributed by atoms with van der Waals surface area (Å²) in [5.41, 5.74) is 0.734. The zero-order valence-electron chi connectivity index (χ0n) is 13.6. The molecule has 1 atom stereocenters. The molecule has 0 bridgehead atoms. The standard InChI is InChI=1S/C19H12ClF2NO/c1-19(10-17(21)22)14-5-3-2-4-13(14)16-9-11-8-12(20)6-7-15(11)23(16)18(19)24/h2-10H,1H3/i3D. The number of fused-ring (bicyclic) bond motifs is 5. The van der Waals surface area contributed by atoms with Gasteiger partial charge in [-0.2, -0.15) is 8.78 Å². The summed E-state index contributed by atoms with van der Waals surface area (Å²) in [6.45, 7) is 1.46. The van der Waals surface area contributed by atoms with E-state index in [2.05, 4.69) is 0 Å². The van der Waals surface area contributed by atoms with E-state index in [1.165, 1.54) is 17.6 Å². The number of nitrogens with zero attached hydrogens (tertiary/aromatic N) is 1. The van der Waals surface area contributed by atoms with Gasteiger partial charge in [0.15, 0.2) is 0 Å². The highest BCUT2D eigenvalue weighted by atomic mass is 35.5. The van der Waals surface area contributed by atoms with Crippen molar-refractivity contribution in [3.05, 3.63) is 71.2 Å². The van der Waals surface area contributed by atoms with E-state index in [4.69, 9.17) is 13.0 Å². The Hall–Kier alpha value is -2.46. The molecule has 1 unspecified atom stereocenters. The summed E-state index contributed by atoms with van der Waals surface area (Å²) in [6, 6.07) is 11.8. The minimum Gasteiger partial charge on any atom is -0.279 e. The molecule has 0 spiro atoms. The molecule has 120 valence electrons. The van der Waals surface area contributed by atoms with Crippen LogP contribution in [0.3, 0.4) is 0 Å². The number of carbonyl (C=O) groups excluding carboxylic acids is 1. The average Bonchev–Trinajstić information content (AvgIpc) is 2.90. The Labute approximate surface area is 143 Å². The van der Waals surface area contributed by atoms with Gasteiger partial charge < -0.3 is 0 Å². The first-order chi connectivity index (χ1) is 11.8. The zero-order chi connectivity index (χ0) is 17.9. The molecular formula is C19H12ClF2NO. The third-order valence-electron chi connectivity index (χ3n) is 4.51. The molecular weight excluding hydrogens is 332 g/mol. The molecule has 1 aliphatic heterocycles. The van der Waals surface area contributed by atoms with Crippen LogP contribution < -0.4 is 0 Å². The number of hydrogen-bond acceptors (Lipinski definition) is 1. The number of halogens is 3. The first kappa shape index (κ1) is 13.9. The number of benzene rings is 2. The van der Waals surface area contributed by atoms with Crippen molar-refractivity contribution < 1.29 is 14.9 Å². The number of allylic oxidation sites excluding steroid dienone is 1. The molecule has 2 aromatic carbocycles. The molecule has 0 fully saturated rings. The maximum Gasteiger partial charge on any atom is 0.267 e. The van der Waals surface area contributed by atoms with Crippen LogP contribution in [-0.2, 0) is 5.41 Å². The van der Waals surface area contributed by atoms with Crippen LogP contribution in [-0.4, -0.2) is 10.5 Å². The van der Waals surface area contributed by atoms with Gasteiger partial charge in [0.2, 0.25) is 5.91 Å². The van der Waals surface area contributed by atoms with E-state index in [1.54, 1.807) is 30.3 Å². The zero-order valence-corrected chi connectivity index (χ0v) is 13.4. The molecule has 0 aliphatic carbocycles. The lowest BCUT2D eigenvalue weighted by atomic mass is 9.76. The van der Waals surface area contributed by atoms with Crippen LogP contribution in [0.4, 0.5) is 8.78 Å². The molecule has 1 aromatic heterocycles. The Balaban J connectivity index is 2.14. The summed E-state index contributed by atoms with van der Waals surface area (Å²) in [5, 5.41) is 1.28. The highest BCUT2D eigenvalue weighted by Crippen LogP contribution is 2.44. The molecule has 4 rings (SSSR count). The lowest BCUT2D eigenvalue weighted by Crippen LogP contribution is -2.39. The van der Waals surface area contributed by atoms with Crippen molar-refractivity contribution in [1.82, 2.24) is 4.57 Å². The molecule has 24 heavy (non-hydrogen) atoms. The van der Waals surface area contributed by atoms with Gasteiger partial charge in [-0.15, -0.1) is 0 Å². The molecule has 0 saturated heterocycles. The van der Waals surface area contributed by atoms with E-state index in [9.17, 15) is 13.6 Å². The minimum atomic E-state index is -1.93. The van der Waals surface area contributed by atoms with Crippen molar-refractivity contribution in [2.24, 2.45) is 0 Å². The van der Waals surface area contributed by atoms with Gasteiger partial charge in [0, 0.05) is 22.0 Å².